The van der Waals surface area contributed by atoms with Crippen LogP contribution >= 0.6 is 0 Å². The van der Waals surface area contributed by atoms with Crippen LogP contribution in [0, 0.1) is 0 Å². The van der Waals surface area contributed by atoms with Crippen LogP contribution in [0.4, 0.5) is 0 Å². The van der Waals surface area contributed by atoms with Crippen molar-refractivity contribution < 1.29 is 4.52 Å². The van der Waals surface area contributed by atoms with Crippen LogP contribution in [0.5, 0.6) is 0 Å². The highest BCUT2D eigenvalue weighted by Crippen LogP contribution is 2.19. The Labute approximate surface area is 148 Å². The van der Waals surface area contributed by atoms with Crippen molar-refractivity contribution in [2.45, 2.75) is 45.2 Å². The lowest BCUT2D eigenvalue weighted by atomic mass is 10.1. The zero-order chi connectivity index (χ0) is 17.5. The van der Waals surface area contributed by atoms with Crippen LogP contribution in [-0.2, 0) is 13.0 Å². The third-order valence-corrected chi connectivity index (χ3v) is 4.15. The number of aromatic nitrogens is 2. The molecule has 6 nitrogen and oxygen atoms in total. The normalized spacial score (nSPS) is 14.9. The number of guanidine groups is 1. The smallest absolute Gasteiger partial charge is 0.257 e. The molecule has 2 N–H and O–H groups in total. The summed E-state index contributed by atoms with van der Waals surface area (Å²) in [5, 5.41) is 10.8. The van der Waals surface area contributed by atoms with Crippen molar-refractivity contribution in [3.63, 3.8) is 0 Å². The molecule has 1 heterocycles. The van der Waals surface area contributed by atoms with Crippen molar-refractivity contribution in [1.82, 2.24) is 20.8 Å². The summed E-state index contributed by atoms with van der Waals surface area (Å²) in [6, 6.07) is 8.58. The van der Waals surface area contributed by atoms with Gasteiger partial charge in [0.05, 0.1) is 0 Å². The maximum atomic E-state index is 5.37. The molecule has 1 aromatic carbocycles. The number of aliphatic imine (C=N–C) groups is 1. The SMILES string of the molecule is CCCc1noc(-c2cccc(CNC(=NC)NC3CC=CC3)c2)n1. The van der Waals surface area contributed by atoms with Gasteiger partial charge in [0, 0.05) is 31.6 Å². The van der Waals surface area contributed by atoms with Crippen LogP contribution < -0.4 is 10.6 Å². The van der Waals surface area contributed by atoms with Crippen LogP contribution in [0.3, 0.4) is 0 Å². The first-order chi connectivity index (χ1) is 12.3. The fourth-order valence-corrected chi connectivity index (χ4v) is 2.82. The topological polar surface area (TPSA) is 75.3 Å². The van der Waals surface area contributed by atoms with Crippen LogP contribution in [-0.4, -0.2) is 29.2 Å². The lowest BCUT2D eigenvalue weighted by Gasteiger charge is -2.17. The van der Waals surface area contributed by atoms with Gasteiger partial charge in [-0.1, -0.05) is 36.4 Å². The van der Waals surface area contributed by atoms with E-state index in [-0.39, 0.29) is 0 Å². The molecule has 25 heavy (non-hydrogen) atoms. The third kappa shape index (κ3) is 4.68. The molecule has 0 fully saturated rings. The van der Waals surface area contributed by atoms with Gasteiger partial charge in [-0.25, -0.2) is 0 Å². The van der Waals surface area contributed by atoms with Gasteiger partial charge in [-0.15, -0.1) is 0 Å². The minimum Gasteiger partial charge on any atom is -0.353 e. The molecule has 2 aromatic rings. The van der Waals surface area contributed by atoms with Gasteiger partial charge in [0.2, 0.25) is 0 Å². The van der Waals surface area contributed by atoms with E-state index in [4.69, 9.17) is 4.52 Å². The Morgan fingerprint density at radius 3 is 2.92 bits per heavy atom. The van der Waals surface area contributed by atoms with Crippen molar-refractivity contribution in [3.05, 3.63) is 47.8 Å². The highest BCUT2D eigenvalue weighted by molar-refractivity contribution is 5.80. The summed E-state index contributed by atoms with van der Waals surface area (Å²) in [6.45, 7) is 2.79. The van der Waals surface area contributed by atoms with Crippen molar-refractivity contribution in [2.75, 3.05) is 7.05 Å². The number of aryl methyl sites for hydroxylation is 1. The monoisotopic (exact) mass is 339 g/mol. The van der Waals surface area contributed by atoms with E-state index in [0.717, 1.165) is 48.6 Å². The van der Waals surface area contributed by atoms with Gasteiger partial charge in [-0.05, 0) is 37.0 Å². The minimum absolute atomic E-state index is 0.438. The Hall–Kier alpha value is -2.63. The van der Waals surface area contributed by atoms with Gasteiger partial charge in [0.15, 0.2) is 11.8 Å². The van der Waals surface area contributed by atoms with E-state index in [2.05, 4.69) is 57.0 Å². The summed E-state index contributed by atoms with van der Waals surface area (Å²) in [7, 11) is 1.79. The van der Waals surface area contributed by atoms with Gasteiger partial charge in [-0.2, -0.15) is 4.98 Å². The number of benzene rings is 1. The molecule has 132 valence electrons. The molecule has 0 unspecified atom stereocenters. The molecule has 0 atom stereocenters. The minimum atomic E-state index is 0.438. The molecule has 1 aliphatic rings. The molecule has 0 radical (unpaired) electrons. The third-order valence-electron chi connectivity index (χ3n) is 4.15. The van der Waals surface area contributed by atoms with E-state index in [0.29, 0.717) is 18.5 Å². The molecule has 6 heteroatoms. The van der Waals surface area contributed by atoms with Crippen LogP contribution in [0.1, 0.15) is 37.6 Å². The first-order valence-corrected chi connectivity index (χ1v) is 8.82. The van der Waals surface area contributed by atoms with E-state index < -0.39 is 0 Å². The molecule has 0 aliphatic heterocycles. The summed E-state index contributed by atoms with van der Waals surface area (Å²) < 4.78 is 5.37. The van der Waals surface area contributed by atoms with Crippen LogP contribution in [0.25, 0.3) is 11.5 Å². The lowest BCUT2D eigenvalue weighted by molar-refractivity contribution is 0.422. The maximum absolute atomic E-state index is 5.37. The Balaban J connectivity index is 1.60. The maximum Gasteiger partial charge on any atom is 0.257 e. The highest BCUT2D eigenvalue weighted by Gasteiger charge is 2.12. The summed E-state index contributed by atoms with van der Waals surface area (Å²) in [5.41, 5.74) is 2.08. The van der Waals surface area contributed by atoms with Gasteiger partial charge < -0.3 is 15.2 Å². The summed E-state index contributed by atoms with van der Waals surface area (Å²) in [4.78, 5) is 8.75. The van der Waals surface area contributed by atoms with E-state index in [1.54, 1.807) is 7.05 Å². The highest BCUT2D eigenvalue weighted by atomic mass is 16.5. The number of rotatable bonds is 6. The Morgan fingerprint density at radius 1 is 1.32 bits per heavy atom. The van der Waals surface area contributed by atoms with Crippen molar-refractivity contribution in [3.8, 4) is 11.5 Å². The number of hydrogen-bond donors (Lipinski definition) is 2. The summed E-state index contributed by atoms with van der Waals surface area (Å²) in [5.74, 6) is 2.16. The van der Waals surface area contributed by atoms with Gasteiger partial charge in [0.1, 0.15) is 0 Å². The fourth-order valence-electron chi connectivity index (χ4n) is 2.82. The molecule has 0 amide bonds. The molecule has 1 aliphatic carbocycles. The second-order valence-corrected chi connectivity index (χ2v) is 6.18. The van der Waals surface area contributed by atoms with E-state index in [1.165, 1.54) is 0 Å². The van der Waals surface area contributed by atoms with Crippen LogP contribution in [0.15, 0.2) is 45.9 Å². The average molecular weight is 339 g/mol. The number of nitrogens with one attached hydrogen (secondary N) is 2. The van der Waals surface area contributed by atoms with Gasteiger partial charge in [0.25, 0.3) is 5.89 Å². The lowest BCUT2D eigenvalue weighted by Crippen LogP contribution is -2.42. The Morgan fingerprint density at radius 2 is 2.16 bits per heavy atom. The average Bonchev–Trinajstić information content (AvgIpc) is 3.31. The summed E-state index contributed by atoms with van der Waals surface area (Å²) >= 11 is 0. The fraction of sp³-hybridized carbons (Fsp3) is 0.421. The predicted octanol–water partition coefficient (Wildman–Crippen LogP) is 3.07. The van der Waals surface area contributed by atoms with Crippen molar-refractivity contribution in [2.24, 2.45) is 4.99 Å². The molecule has 0 saturated carbocycles. The molecular formula is C19H25N5O. The first-order valence-electron chi connectivity index (χ1n) is 8.82. The molecule has 0 spiro atoms. The second-order valence-electron chi connectivity index (χ2n) is 6.18. The molecule has 0 saturated heterocycles. The zero-order valence-corrected chi connectivity index (χ0v) is 14.8. The van der Waals surface area contributed by atoms with Gasteiger partial charge in [-0.3, -0.25) is 4.99 Å². The number of nitrogens with zero attached hydrogens (tertiary/aromatic N) is 3. The predicted molar refractivity (Wildman–Crippen MR) is 99.2 cm³/mol. The van der Waals surface area contributed by atoms with Crippen LogP contribution in [0.2, 0.25) is 0 Å². The van der Waals surface area contributed by atoms with Crippen molar-refractivity contribution in [1.29, 1.82) is 0 Å². The first kappa shape index (κ1) is 17.2. The zero-order valence-electron chi connectivity index (χ0n) is 14.8. The van der Waals surface area contributed by atoms with Gasteiger partial charge >= 0.3 is 0 Å². The Kier molecular flexibility index (Phi) is 5.82. The Bertz CT molecular complexity index is 742. The van der Waals surface area contributed by atoms with E-state index in [9.17, 15) is 0 Å². The van der Waals surface area contributed by atoms with E-state index in [1.807, 2.05) is 12.1 Å². The van der Waals surface area contributed by atoms with E-state index >= 15 is 0 Å². The largest absolute Gasteiger partial charge is 0.353 e. The van der Waals surface area contributed by atoms with Crippen molar-refractivity contribution >= 4 is 5.96 Å². The second kappa shape index (κ2) is 8.46. The quantitative estimate of drug-likeness (QED) is 0.480. The molecule has 3 rings (SSSR count). The molecule has 0 bridgehead atoms. The molecular weight excluding hydrogens is 314 g/mol. The molecule has 1 aromatic heterocycles. The summed E-state index contributed by atoms with van der Waals surface area (Å²) in [6.07, 6.45) is 8.34. The number of hydrogen-bond acceptors (Lipinski definition) is 4. The standard InChI is InChI=1S/C19H25N5O/c1-3-7-17-23-18(25-24-17)15-9-6-8-14(12-15)13-21-19(20-2)22-16-10-4-5-11-16/h4-6,8-9,12,16H,3,7,10-11,13H2,1-2H3,(H2,20,21,22).